The number of ether oxygens (including phenoxy) is 2. The number of aliphatic hydroxyl groups excluding tert-OH is 1. The molecule has 0 aromatic heterocycles. The van der Waals surface area contributed by atoms with E-state index in [4.69, 9.17) is 14.6 Å². The Hall–Kier alpha value is -1.03. The minimum atomic E-state index is -0.452. The predicted molar refractivity (Wildman–Crippen MR) is 36.7 cm³/mol. The molecular weight excluding hydrogens is 148 g/mol. The number of esters is 1. The van der Waals surface area contributed by atoms with E-state index in [0.717, 1.165) is 0 Å². The Morgan fingerprint density at radius 2 is 2.64 bits per heavy atom. The van der Waals surface area contributed by atoms with Crippen molar-refractivity contribution in [3.05, 3.63) is 11.8 Å². The fourth-order valence-electron chi connectivity index (χ4n) is 0.899. The lowest BCUT2D eigenvalue weighted by molar-refractivity contribution is -0.147. The molecule has 11 heavy (non-hydrogen) atoms. The average Bonchev–Trinajstić information content (AvgIpc) is 2.03. The van der Waals surface area contributed by atoms with Gasteiger partial charge >= 0.3 is 5.97 Å². The second-order valence-electron chi connectivity index (χ2n) is 2.26. The van der Waals surface area contributed by atoms with Crippen molar-refractivity contribution >= 4 is 5.97 Å². The van der Waals surface area contributed by atoms with E-state index in [0.29, 0.717) is 12.2 Å². The van der Waals surface area contributed by atoms with Crippen molar-refractivity contribution in [2.24, 2.45) is 0 Å². The van der Waals surface area contributed by atoms with Gasteiger partial charge in [-0.1, -0.05) is 0 Å². The standard InChI is InChI=1S/C7H10O4/c1-10-5-2-6(4-8)11-7(9)3-5/h3,6,8H,2,4H2,1H3/t6-/m0/s1. The van der Waals surface area contributed by atoms with Gasteiger partial charge in [-0.25, -0.2) is 4.79 Å². The molecule has 0 fully saturated rings. The van der Waals surface area contributed by atoms with Crippen molar-refractivity contribution in [3.63, 3.8) is 0 Å². The second kappa shape index (κ2) is 3.39. The van der Waals surface area contributed by atoms with Crippen LogP contribution < -0.4 is 0 Å². The van der Waals surface area contributed by atoms with Gasteiger partial charge in [0.15, 0.2) is 0 Å². The second-order valence-corrected chi connectivity index (χ2v) is 2.26. The highest BCUT2D eigenvalue weighted by molar-refractivity contribution is 5.83. The fourth-order valence-corrected chi connectivity index (χ4v) is 0.899. The van der Waals surface area contributed by atoms with Crippen molar-refractivity contribution in [1.29, 1.82) is 0 Å². The summed E-state index contributed by atoms with van der Waals surface area (Å²) in [5.74, 6) is 0.104. The van der Waals surface area contributed by atoms with Gasteiger partial charge in [-0.15, -0.1) is 0 Å². The average molecular weight is 158 g/mol. The van der Waals surface area contributed by atoms with Crippen LogP contribution >= 0.6 is 0 Å². The predicted octanol–water partition coefficient (Wildman–Crippen LogP) is -0.176. The Balaban J connectivity index is 2.61. The highest BCUT2D eigenvalue weighted by atomic mass is 16.6. The zero-order valence-electron chi connectivity index (χ0n) is 6.24. The van der Waals surface area contributed by atoms with E-state index in [1.165, 1.54) is 13.2 Å². The van der Waals surface area contributed by atoms with Crippen LogP contribution in [0.25, 0.3) is 0 Å². The largest absolute Gasteiger partial charge is 0.501 e. The molecule has 1 heterocycles. The third-order valence-electron chi connectivity index (χ3n) is 1.46. The van der Waals surface area contributed by atoms with Gasteiger partial charge in [-0.05, 0) is 0 Å². The first kappa shape index (κ1) is 8.07. The van der Waals surface area contributed by atoms with Crippen LogP contribution in [0.4, 0.5) is 0 Å². The zero-order chi connectivity index (χ0) is 8.27. The maximum absolute atomic E-state index is 10.7. The van der Waals surface area contributed by atoms with E-state index in [1.807, 2.05) is 0 Å². The van der Waals surface area contributed by atoms with Crippen molar-refractivity contribution in [2.75, 3.05) is 13.7 Å². The van der Waals surface area contributed by atoms with Crippen LogP contribution in [-0.4, -0.2) is 30.9 Å². The number of rotatable bonds is 2. The van der Waals surface area contributed by atoms with E-state index in [2.05, 4.69) is 0 Å². The lowest BCUT2D eigenvalue weighted by Gasteiger charge is -2.19. The Bertz CT molecular complexity index is 185. The molecule has 1 atom stereocenters. The first-order valence-electron chi connectivity index (χ1n) is 3.32. The number of carbonyl (C=O) groups excluding carboxylic acids is 1. The van der Waals surface area contributed by atoms with Crippen LogP contribution in [0, 0.1) is 0 Å². The van der Waals surface area contributed by atoms with Crippen LogP contribution in [0.2, 0.25) is 0 Å². The highest BCUT2D eigenvalue weighted by Gasteiger charge is 2.20. The summed E-state index contributed by atoms with van der Waals surface area (Å²) >= 11 is 0. The first-order chi connectivity index (χ1) is 5.26. The number of hydrogen-bond acceptors (Lipinski definition) is 4. The summed E-state index contributed by atoms with van der Waals surface area (Å²) in [6.07, 6.45) is 1.30. The summed E-state index contributed by atoms with van der Waals surface area (Å²) < 4.78 is 9.57. The normalized spacial score (nSPS) is 24.0. The molecular formula is C7H10O4. The fraction of sp³-hybridized carbons (Fsp3) is 0.571. The number of hydrogen-bond donors (Lipinski definition) is 1. The van der Waals surface area contributed by atoms with Gasteiger partial charge in [0.25, 0.3) is 0 Å². The summed E-state index contributed by atoms with van der Waals surface area (Å²) in [6.45, 7) is -0.160. The lowest BCUT2D eigenvalue weighted by Crippen LogP contribution is -2.26. The molecule has 4 heteroatoms. The van der Waals surface area contributed by atoms with Crippen molar-refractivity contribution < 1.29 is 19.4 Å². The maximum atomic E-state index is 10.7. The lowest BCUT2D eigenvalue weighted by atomic mass is 10.2. The summed E-state index contributed by atoms with van der Waals surface area (Å²) in [5, 5.41) is 8.66. The molecule has 0 saturated carbocycles. The van der Waals surface area contributed by atoms with Gasteiger partial charge in [0.2, 0.25) is 0 Å². The van der Waals surface area contributed by atoms with E-state index in [1.54, 1.807) is 0 Å². The van der Waals surface area contributed by atoms with Crippen molar-refractivity contribution in [2.45, 2.75) is 12.5 Å². The Labute approximate surface area is 64.4 Å². The molecule has 1 N–H and O–H groups in total. The van der Waals surface area contributed by atoms with Crippen LogP contribution in [-0.2, 0) is 14.3 Å². The van der Waals surface area contributed by atoms with Crippen LogP contribution in [0.15, 0.2) is 11.8 Å². The number of methoxy groups -OCH3 is 1. The van der Waals surface area contributed by atoms with E-state index >= 15 is 0 Å². The minimum Gasteiger partial charge on any atom is -0.501 e. The third kappa shape index (κ3) is 1.94. The molecule has 0 radical (unpaired) electrons. The van der Waals surface area contributed by atoms with E-state index in [9.17, 15) is 4.79 Å². The minimum absolute atomic E-state index is 0.160. The molecule has 1 aliphatic heterocycles. The Morgan fingerprint density at radius 3 is 3.18 bits per heavy atom. The van der Waals surface area contributed by atoms with E-state index in [-0.39, 0.29) is 6.61 Å². The highest BCUT2D eigenvalue weighted by Crippen LogP contribution is 2.14. The monoisotopic (exact) mass is 158 g/mol. The molecule has 1 aliphatic rings. The van der Waals surface area contributed by atoms with Gasteiger partial charge < -0.3 is 14.6 Å². The maximum Gasteiger partial charge on any atom is 0.334 e. The quantitative estimate of drug-likeness (QED) is 0.566. The molecule has 0 aromatic rings. The van der Waals surface area contributed by atoms with Gasteiger partial charge in [-0.2, -0.15) is 0 Å². The Kier molecular flexibility index (Phi) is 2.48. The van der Waals surface area contributed by atoms with Gasteiger partial charge in [0, 0.05) is 6.42 Å². The molecule has 0 amide bonds. The number of cyclic esters (lactones) is 1. The summed E-state index contributed by atoms with van der Waals surface area (Å²) in [5.41, 5.74) is 0. The van der Waals surface area contributed by atoms with Crippen LogP contribution in [0.3, 0.4) is 0 Å². The zero-order valence-corrected chi connectivity index (χ0v) is 6.24. The summed E-state index contributed by atoms with van der Waals surface area (Å²) in [4.78, 5) is 10.7. The van der Waals surface area contributed by atoms with Gasteiger partial charge in [-0.3, -0.25) is 0 Å². The molecule has 0 aromatic carbocycles. The molecule has 0 aliphatic carbocycles. The molecule has 1 rings (SSSR count). The molecule has 0 spiro atoms. The third-order valence-corrected chi connectivity index (χ3v) is 1.46. The molecule has 0 saturated heterocycles. The van der Waals surface area contributed by atoms with Crippen LogP contribution in [0.5, 0.6) is 0 Å². The summed E-state index contributed by atoms with van der Waals surface area (Å²) in [6, 6.07) is 0. The van der Waals surface area contributed by atoms with Gasteiger partial charge in [0.05, 0.1) is 19.8 Å². The SMILES string of the molecule is COC1=CC(=O)O[C@H](CO)C1. The van der Waals surface area contributed by atoms with Crippen molar-refractivity contribution in [3.8, 4) is 0 Å². The first-order valence-corrected chi connectivity index (χ1v) is 3.32. The number of carbonyl (C=O) groups is 1. The van der Waals surface area contributed by atoms with Crippen LogP contribution in [0.1, 0.15) is 6.42 Å². The van der Waals surface area contributed by atoms with Crippen molar-refractivity contribution in [1.82, 2.24) is 0 Å². The molecule has 4 nitrogen and oxygen atoms in total. The van der Waals surface area contributed by atoms with E-state index < -0.39 is 12.1 Å². The topological polar surface area (TPSA) is 55.8 Å². The molecule has 62 valence electrons. The van der Waals surface area contributed by atoms with Gasteiger partial charge in [0.1, 0.15) is 11.9 Å². The summed E-state index contributed by atoms with van der Waals surface area (Å²) in [7, 11) is 1.48. The molecule has 0 bridgehead atoms. The smallest absolute Gasteiger partial charge is 0.334 e. The Morgan fingerprint density at radius 1 is 1.91 bits per heavy atom. The molecule has 0 unspecified atom stereocenters. The number of aliphatic hydroxyl groups is 1.